The summed E-state index contributed by atoms with van der Waals surface area (Å²) in [6.45, 7) is 2.85. The Labute approximate surface area is 274 Å². The maximum absolute atomic E-state index is 15.1. The molecule has 0 N–H and O–H groups in total. The molecule has 1 saturated heterocycles. The molecule has 0 spiro atoms. The molecule has 262 valence electrons. The van der Waals surface area contributed by atoms with Crippen LogP contribution in [0.3, 0.4) is 0 Å². The van der Waals surface area contributed by atoms with Gasteiger partial charge < -0.3 is 18.9 Å². The van der Waals surface area contributed by atoms with Crippen LogP contribution in [-0.2, 0) is 15.6 Å². The SMILES string of the molecule is CCCCCC1COC(c2ccc(C(F)(F)Oc3ccc(-c4ccc(-c5cc(F)c(OC(F)(F)F)c(F)c5)c(F)c4)c(F)c3)c(F)c2)OC1. The summed E-state index contributed by atoms with van der Waals surface area (Å²) >= 11 is 0. The first-order valence-corrected chi connectivity index (χ1v) is 15.1. The minimum absolute atomic E-state index is 0.129. The average molecular weight is 703 g/mol. The van der Waals surface area contributed by atoms with E-state index in [0.717, 1.165) is 68.1 Å². The highest BCUT2D eigenvalue weighted by molar-refractivity contribution is 5.72. The Morgan fingerprint density at radius 1 is 0.653 bits per heavy atom. The van der Waals surface area contributed by atoms with Gasteiger partial charge in [-0.2, -0.15) is 8.78 Å². The Bertz CT molecular complexity index is 1760. The van der Waals surface area contributed by atoms with Crippen LogP contribution in [0, 0.1) is 35.0 Å². The zero-order chi connectivity index (χ0) is 35.5. The van der Waals surface area contributed by atoms with E-state index in [0.29, 0.717) is 31.4 Å². The van der Waals surface area contributed by atoms with Gasteiger partial charge in [-0.25, -0.2) is 22.0 Å². The first kappa shape index (κ1) is 36.0. The number of alkyl halides is 5. The summed E-state index contributed by atoms with van der Waals surface area (Å²) < 4.78 is 160. The number of benzene rings is 4. The second-order valence-electron chi connectivity index (χ2n) is 11.4. The normalized spacial score (nSPS) is 16.9. The molecule has 0 aliphatic carbocycles. The van der Waals surface area contributed by atoms with Gasteiger partial charge in [0.25, 0.3) is 0 Å². The lowest BCUT2D eigenvalue weighted by molar-refractivity contribution is -0.276. The van der Waals surface area contributed by atoms with Gasteiger partial charge in [-0.1, -0.05) is 44.4 Å². The van der Waals surface area contributed by atoms with Crippen LogP contribution in [-0.4, -0.2) is 19.6 Å². The average Bonchev–Trinajstić information content (AvgIpc) is 3.02. The minimum Gasteiger partial charge on any atom is -0.429 e. The molecular formula is C35H28F10O4. The second-order valence-corrected chi connectivity index (χ2v) is 11.4. The summed E-state index contributed by atoms with van der Waals surface area (Å²) in [6, 6.07) is 9.12. The van der Waals surface area contributed by atoms with Crippen molar-refractivity contribution >= 4 is 0 Å². The molecule has 0 unspecified atom stereocenters. The quantitative estimate of drug-likeness (QED) is 0.115. The van der Waals surface area contributed by atoms with Gasteiger partial charge >= 0.3 is 12.5 Å². The number of hydrogen-bond donors (Lipinski definition) is 0. The molecule has 4 nitrogen and oxygen atoms in total. The van der Waals surface area contributed by atoms with Gasteiger partial charge in [0.2, 0.25) is 5.75 Å². The molecule has 14 heteroatoms. The topological polar surface area (TPSA) is 36.9 Å². The number of ether oxygens (including phenoxy) is 4. The first-order chi connectivity index (χ1) is 23.1. The molecule has 0 radical (unpaired) electrons. The van der Waals surface area contributed by atoms with Crippen molar-refractivity contribution in [3.63, 3.8) is 0 Å². The Morgan fingerprint density at radius 2 is 1.27 bits per heavy atom. The zero-order valence-corrected chi connectivity index (χ0v) is 25.7. The molecular weight excluding hydrogens is 674 g/mol. The molecule has 1 heterocycles. The molecule has 0 saturated carbocycles. The van der Waals surface area contributed by atoms with E-state index < -0.39 is 76.0 Å². The van der Waals surface area contributed by atoms with E-state index in [1.807, 2.05) is 0 Å². The smallest absolute Gasteiger partial charge is 0.429 e. The van der Waals surface area contributed by atoms with Crippen LogP contribution in [0.15, 0.2) is 66.7 Å². The molecule has 1 aliphatic rings. The van der Waals surface area contributed by atoms with Crippen molar-refractivity contribution in [3.8, 4) is 33.8 Å². The van der Waals surface area contributed by atoms with Crippen LogP contribution in [0.4, 0.5) is 43.9 Å². The van der Waals surface area contributed by atoms with Crippen LogP contribution in [0.2, 0.25) is 0 Å². The molecule has 0 amide bonds. The van der Waals surface area contributed by atoms with Gasteiger partial charge in [0.15, 0.2) is 17.9 Å². The van der Waals surface area contributed by atoms with Crippen molar-refractivity contribution in [1.82, 2.24) is 0 Å². The third-order valence-corrected chi connectivity index (χ3v) is 7.76. The molecule has 0 atom stereocenters. The van der Waals surface area contributed by atoms with Crippen LogP contribution >= 0.6 is 0 Å². The van der Waals surface area contributed by atoms with Crippen molar-refractivity contribution in [2.75, 3.05) is 13.2 Å². The molecule has 1 aliphatic heterocycles. The number of halogens is 10. The van der Waals surface area contributed by atoms with E-state index in [9.17, 15) is 30.7 Å². The summed E-state index contributed by atoms with van der Waals surface area (Å²) in [6.07, 6.45) is -6.46. The van der Waals surface area contributed by atoms with Crippen molar-refractivity contribution in [2.24, 2.45) is 5.92 Å². The van der Waals surface area contributed by atoms with Gasteiger partial charge in [0, 0.05) is 28.7 Å². The fraction of sp³-hybridized carbons (Fsp3) is 0.314. The lowest BCUT2D eigenvalue weighted by atomic mass is 9.99. The maximum atomic E-state index is 15.1. The first-order valence-electron chi connectivity index (χ1n) is 15.1. The fourth-order valence-electron chi connectivity index (χ4n) is 5.34. The van der Waals surface area contributed by atoms with Gasteiger partial charge in [-0.15, -0.1) is 13.2 Å². The number of rotatable bonds is 11. The largest absolute Gasteiger partial charge is 0.573 e. The van der Waals surface area contributed by atoms with Crippen LogP contribution < -0.4 is 9.47 Å². The highest BCUT2D eigenvalue weighted by Crippen LogP contribution is 2.38. The van der Waals surface area contributed by atoms with Crippen molar-refractivity contribution < 1.29 is 62.9 Å². The van der Waals surface area contributed by atoms with E-state index in [1.165, 1.54) is 6.07 Å². The molecule has 49 heavy (non-hydrogen) atoms. The Balaban J connectivity index is 1.27. The highest BCUT2D eigenvalue weighted by Gasteiger charge is 2.39. The van der Waals surface area contributed by atoms with Gasteiger partial charge in [-0.3, -0.25) is 0 Å². The van der Waals surface area contributed by atoms with Crippen LogP contribution in [0.1, 0.15) is 50.0 Å². The summed E-state index contributed by atoms with van der Waals surface area (Å²) in [5.41, 5.74) is -2.27. The Kier molecular flexibility index (Phi) is 10.8. The zero-order valence-electron chi connectivity index (χ0n) is 25.7. The van der Waals surface area contributed by atoms with E-state index in [1.54, 1.807) is 0 Å². The highest BCUT2D eigenvalue weighted by atomic mass is 19.4. The monoisotopic (exact) mass is 702 g/mol. The van der Waals surface area contributed by atoms with Crippen molar-refractivity contribution in [3.05, 3.63) is 107 Å². The molecule has 4 aromatic rings. The predicted octanol–water partition coefficient (Wildman–Crippen LogP) is 11.0. The van der Waals surface area contributed by atoms with E-state index in [2.05, 4.69) is 16.4 Å². The number of hydrogen-bond acceptors (Lipinski definition) is 4. The van der Waals surface area contributed by atoms with E-state index in [4.69, 9.17) is 9.47 Å². The van der Waals surface area contributed by atoms with E-state index in [-0.39, 0.29) is 22.6 Å². The Hall–Kier alpha value is -4.30. The summed E-state index contributed by atoms with van der Waals surface area (Å²) in [4.78, 5) is 0. The summed E-state index contributed by atoms with van der Waals surface area (Å²) in [7, 11) is 0. The molecule has 1 fully saturated rings. The lowest BCUT2D eigenvalue weighted by Gasteiger charge is -2.30. The number of unbranched alkanes of at least 4 members (excludes halogenated alkanes) is 2. The van der Waals surface area contributed by atoms with Gasteiger partial charge in [0.1, 0.15) is 23.2 Å². The summed E-state index contributed by atoms with van der Waals surface area (Å²) in [5.74, 6) is -9.31. The predicted molar refractivity (Wildman–Crippen MR) is 157 cm³/mol. The van der Waals surface area contributed by atoms with E-state index >= 15 is 13.2 Å². The molecule has 0 aromatic heterocycles. The fourth-order valence-corrected chi connectivity index (χ4v) is 5.34. The Morgan fingerprint density at radius 3 is 1.86 bits per heavy atom. The summed E-state index contributed by atoms with van der Waals surface area (Å²) in [5, 5.41) is 0. The van der Waals surface area contributed by atoms with Crippen molar-refractivity contribution in [2.45, 2.75) is 51.4 Å². The molecule has 0 bridgehead atoms. The van der Waals surface area contributed by atoms with Gasteiger partial charge in [-0.05, 0) is 60.0 Å². The standard InChI is InChI=1S/C35H28F10O4/c1-2-3-4-5-19-17-46-33(47-18-19)21-7-11-26(29(38)13-21)34(41,42)48-23-8-10-24(28(37)16-23)20-6-9-25(27(36)12-20)22-14-30(39)32(31(40)15-22)49-35(43,44)45/h6-16,19,33H,2-5,17-18H2,1H3. The van der Waals surface area contributed by atoms with Crippen LogP contribution in [0.5, 0.6) is 11.5 Å². The maximum Gasteiger partial charge on any atom is 0.573 e. The third kappa shape index (κ3) is 8.66. The molecule has 4 aromatic carbocycles. The minimum atomic E-state index is -5.38. The van der Waals surface area contributed by atoms with Crippen molar-refractivity contribution in [1.29, 1.82) is 0 Å². The third-order valence-electron chi connectivity index (χ3n) is 7.76. The van der Waals surface area contributed by atoms with Crippen LogP contribution in [0.25, 0.3) is 22.3 Å². The van der Waals surface area contributed by atoms with Gasteiger partial charge in [0.05, 0.1) is 18.8 Å². The second kappa shape index (κ2) is 14.7. The lowest BCUT2D eigenvalue weighted by Crippen LogP contribution is -2.27. The molecule has 5 rings (SSSR count).